The van der Waals surface area contributed by atoms with E-state index in [0.29, 0.717) is 29.3 Å². The van der Waals surface area contributed by atoms with Gasteiger partial charge in [0.1, 0.15) is 12.4 Å². The Hall–Kier alpha value is -1.19. The first-order valence-corrected chi connectivity index (χ1v) is 7.03. The number of aromatic nitrogens is 2. The Morgan fingerprint density at radius 2 is 2.11 bits per heavy atom. The molecule has 1 heterocycles. The highest BCUT2D eigenvalue weighted by Crippen LogP contribution is 2.30. The number of alkyl halides is 1. The molecule has 0 radical (unpaired) electrons. The molecule has 5 heteroatoms. The van der Waals surface area contributed by atoms with Gasteiger partial charge < -0.3 is 4.74 Å². The van der Waals surface area contributed by atoms with Crippen molar-refractivity contribution in [1.82, 2.24) is 9.78 Å². The lowest BCUT2D eigenvalue weighted by molar-refractivity contribution is 0.296. The second kappa shape index (κ2) is 6.31. The number of halogens is 2. The van der Waals surface area contributed by atoms with E-state index in [1.807, 2.05) is 29.1 Å². The van der Waals surface area contributed by atoms with E-state index in [4.69, 9.17) is 27.9 Å². The Balaban J connectivity index is 2.09. The maximum atomic E-state index is 6.12. The molecule has 2 rings (SSSR count). The summed E-state index contributed by atoms with van der Waals surface area (Å²) in [5, 5.41) is 5.00. The van der Waals surface area contributed by atoms with E-state index in [9.17, 15) is 0 Å². The second-order valence-corrected chi connectivity index (χ2v) is 5.21. The standard InChI is InChI=1S/C14H16Cl2N2O/c1-10(2)18-7-6-12(17-18)9-19-14-11(8-15)4-3-5-13(14)16/h3-7,10H,8-9H2,1-2H3. The van der Waals surface area contributed by atoms with Gasteiger partial charge in [0.25, 0.3) is 0 Å². The third-order valence-electron chi connectivity index (χ3n) is 2.75. The fourth-order valence-corrected chi connectivity index (χ4v) is 2.17. The highest BCUT2D eigenvalue weighted by atomic mass is 35.5. The van der Waals surface area contributed by atoms with Crippen molar-refractivity contribution < 1.29 is 4.74 Å². The smallest absolute Gasteiger partial charge is 0.142 e. The third-order valence-corrected chi connectivity index (χ3v) is 3.34. The Labute approximate surface area is 123 Å². The zero-order valence-electron chi connectivity index (χ0n) is 10.9. The number of benzene rings is 1. The summed E-state index contributed by atoms with van der Waals surface area (Å²) in [5.74, 6) is 1.01. The molecule has 1 aromatic heterocycles. The van der Waals surface area contributed by atoms with Crippen LogP contribution in [-0.2, 0) is 12.5 Å². The van der Waals surface area contributed by atoms with Gasteiger partial charge in [-0.15, -0.1) is 11.6 Å². The van der Waals surface area contributed by atoms with Crippen LogP contribution in [0.2, 0.25) is 5.02 Å². The normalized spacial score (nSPS) is 11.0. The van der Waals surface area contributed by atoms with Crippen molar-refractivity contribution >= 4 is 23.2 Å². The average Bonchev–Trinajstić information content (AvgIpc) is 2.86. The van der Waals surface area contributed by atoms with Crippen molar-refractivity contribution in [2.45, 2.75) is 32.4 Å². The molecule has 0 fully saturated rings. The average molecular weight is 299 g/mol. The number of rotatable bonds is 5. The minimum Gasteiger partial charge on any atom is -0.485 e. The van der Waals surface area contributed by atoms with E-state index in [-0.39, 0.29) is 0 Å². The molecule has 0 aliphatic heterocycles. The molecule has 0 unspecified atom stereocenters. The lowest BCUT2D eigenvalue weighted by Gasteiger charge is -2.10. The lowest BCUT2D eigenvalue weighted by Crippen LogP contribution is -2.04. The van der Waals surface area contributed by atoms with Gasteiger partial charge >= 0.3 is 0 Å². The predicted octanol–water partition coefficient (Wildman–Crippen LogP) is 4.44. The number of hydrogen-bond donors (Lipinski definition) is 0. The largest absolute Gasteiger partial charge is 0.485 e. The fourth-order valence-electron chi connectivity index (χ4n) is 1.71. The lowest BCUT2D eigenvalue weighted by atomic mass is 10.2. The summed E-state index contributed by atoms with van der Waals surface area (Å²) in [6, 6.07) is 7.84. The third kappa shape index (κ3) is 3.43. The maximum Gasteiger partial charge on any atom is 0.142 e. The molecule has 0 atom stereocenters. The Bertz CT molecular complexity index is 552. The molecule has 0 N–H and O–H groups in total. The van der Waals surface area contributed by atoms with Crippen LogP contribution < -0.4 is 4.74 Å². The summed E-state index contributed by atoms with van der Waals surface area (Å²) in [7, 11) is 0. The van der Waals surface area contributed by atoms with Gasteiger partial charge in [-0.3, -0.25) is 4.68 Å². The number of para-hydroxylation sites is 1. The zero-order valence-corrected chi connectivity index (χ0v) is 12.4. The molecule has 102 valence electrons. The minimum atomic E-state index is 0.340. The van der Waals surface area contributed by atoms with Gasteiger partial charge in [0.05, 0.1) is 16.6 Å². The number of nitrogens with zero attached hydrogens (tertiary/aromatic N) is 2. The molecule has 19 heavy (non-hydrogen) atoms. The molecule has 1 aromatic carbocycles. The first-order valence-electron chi connectivity index (χ1n) is 6.12. The number of hydrogen-bond acceptors (Lipinski definition) is 2. The van der Waals surface area contributed by atoms with Crippen LogP contribution in [0.15, 0.2) is 30.5 Å². The predicted molar refractivity (Wildman–Crippen MR) is 78.0 cm³/mol. The summed E-state index contributed by atoms with van der Waals surface area (Å²) >= 11 is 12.0. The van der Waals surface area contributed by atoms with Crippen molar-refractivity contribution in [3.8, 4) is 5.75 Å². The minimum absolute atomic E-state index is 0.340. The molecule has 0 aliphatic rings. The van der Waals surface area contributed by atoms with Crippen LogP contribution in [-0.4, -0.2) is 9.78 Å². The van der Waals surface area contributed by atoms with Gasteiger partial charge in [-0.05, 0) is 26.0 Å². The van der Waals surface area contributed by atoms with Gasteiger partial charge in [0.2, 0.25) is 0 Å². The topological polar surface area (TPSA) is 27.1 Å². The van der Waals surface area contributed by atoms with Gasteiger partial charge in [0.15, 0.2) is 0 Å². The summed E-state index contributed by atoms with van der Waals surface area (Å²) in [5.41, 5.74) is 1.76. The van der Waals surface area contributed by atoms with Gasteiger partial charge in [-0.2, -0.15) is 5.10 Å². The number of ether oxygens (including phenoxy) is 1. The van der Waals surface area contributed by atoms with Crippen LogP contribution in [0.25, 0.3) is 0 Å². The van der Waals surface area contributed by atoms with E-state index < -0.39 is 0 Å². The quantitative estimate of drug-likeness (QED) is 0.763. The first kappa shape index (κ1) is 14.2. The van der Waals surface area contributed by atoms with Crippen LogP contribution in [0.5, 0.6) is 5.75 Å². The molecule has 0 saturated heterocycles. The highest BCUT2D eigenvalue weighted by Gasteiger charge is 2.09. The van der Waals surface area contributed by atoms with Crippen molar-refractivity contribution in [3.05, 3.63) is 46.7 Å². The van der Waals surface area contributed by atoms with Crippen LogP contribution in [0.3, 0.4) is 0 Å². The molecule has 2 aromatic rings. The summed E-state index contributed by atoms with van der Waals surface area (Å²) in [6.45, 7) is 4.54. The summed E-state index contributed by atoms with van der Waals surface area (Å²) in [6.07, 6.45) is 1.94. The SMILES string of the molecule is CC(C)n1ccc(COc2c(Cl)cccc2CCl)n1. The molecule has 0 bridgehead atoms. The van der Waals surface area contributed by atoms with Crippen LogP contribution in [0.4, 0.5) is 0 Å². The van der Waals surface area contributed by atoms with Gasteiger partial charge in [-0.25, -0.2) is 0 Å². The van der Waals surface area contributed by atoms with Crippen molar-refractivity contribution in [3.63, 3.8) is 0 Å². The summed E-state index contributed by atoms with van der Waals surface area (Å²) in [4.78, 5) is 0. The Morgan fingerprint density at radius 3 is 2.74 bits per heavy atom. The highest BCUT2D eigenvalue weighted by molar-refractivity contribution is 6.32. The van der Waals surface area contributed by atoms with Crippen molar-refractivity contribution in [2.24, 2.45) is 0 Å². The van der Waals surface area contributed by atoms with Crippen molar-refractivity contribution in [1.29, 1.82) is 0 Å². The Morgan fingerprint density at radius 1 is 1.32 bits per heavy atom. The van der Waals surface area contributed by atoms with E-state index in [1.54, 1.807) is 6.07 Å². The van der Waals surface area contributed by atoms with E-state index in [1.165, 1.54) is 0 Å². The van der Waals surface area contributed by atoms with Crippen LogP contribution in [0, 0.1) is 0 Å². The van der Waals surface area contributed by atoms with Gasteiger partial charge in [0, 0.05) is 17.8 Å². The monoisotopic (exact) mass is 298 g/mol. The van der Waals surface area contributed by atoms with E-state index in [0.717, 1.165) is 11.3 Å². The molecular weight excluding hydrogens is 283 g/mol. The van der Waals surface area contributed by atoms with Crippen LogP contribution in [0.1, 0.15) is 31.1 Å². The van der Waals surface area contributed by atoms with E-state index >= 15 is 0 Å². The molecule has 0 amide bonds. The van der Waals surface area contributed by atoms with E-state index in [2.05, 4.69) is 18.9 Å². The van der Waals surface area contributed by atoms with Crippen molar-refractivity contribution in [2.75, 3.05) is 0 Å². The first-order chi connectivity index (χ1) is 9.11. The molecule has 3 nitrogen and oxygen atoms in total. The maximum absolute atomic E-state index is 6.12. The Kier molecular flexibility index (Phi) is 4.72. The molecular formula is C14H16Cl2N2O. The van der Waals surface area contributed by atoms with Crippen LogP contribution >= 0.6 is 23.2 Å². The fraction of sp³-hybridized carbons (Fsp3) is 0.357. The van der Waals surface area contributed by atoms with Gasteiger partial charge in [-0.1, -0.05) is 23.7 Å². The molecule has 0 aliphatic carbocycles. The molecule has 0 spiro atoms. The zero-order chi connectivity index (χ0) is 13.8. The molecule has 0 saturated carbocycles. The second-order valence-electron chi connectivity index (χ2n) is 4.53. The summed E-state index contributed by atoms with van der Waals surface area (Å²) < 4.78 is 7.64.